The Morgan fingerprint density at radius 2 is 1.66 bits per heavy atom. The summed E-state index contributed by atoms with van der Waals surface area (Å²) in [6.45, 7) is 3.48. The summed E-state index contributed by atoms with van der Waals surface area (Å²) in [5.74, 6) is 0.434. The van der Waals surface area contributed by atoms with E-state index in [4.69, 9.17) is 25.8 Å². The van der Waals surface area contributed by atoms with Gasteiger partial charge < -0.3 is 19.5 Å². The predicted octanol–water partition coefficient (Wildman–Crippen LogP) is 4.90. The maximum atomic E-state index is 13.9. The largest absolute Gasteiger partial charge is 0.495 e. The first-order chi connectivity index (χ1) is 16.7. The number of anilines is 2. The van der Waals surface area contributed by atoms with E-state index in [2.05, 4.69) is 5.32 Å². The first-order valence-electron chi connectivity index (χ1n) is 10.7. The normalized spacial score (nSPS) is 11.0. The average Bonchev–Trinajstić information content (AvgIpc) is 2.83. The number of aryl methyl sites for hydroxylation is 1. The molecular weight excluding hydrogens is 492 g/mol. The van der Waals surface area contributed by atoms with Crippen molar-refractivity contribution in [2.75, 3.05) is 37.0 Å². The molecule has 0 aliphatic carbocycles. The minimum atomic E-state index is -4.25. The van der Waals surface area contributed by atoms with Gasteiger partial charge in [-0.2, -0.15) is 0 Å². The maximum Gasteiger partial charge on any atom is 0.268 e. The molecule has 35 heavy (non-hydrogen) atoms. The van der Waals surface area contributed by atoms with Crippen LogP contribution in [0.3, 0.4) is 0 Å². The zero-order chi connectivity index (χ0) is 25.6. The number of carbonyl (C=O) groups is 1. The number of halogens is 1. The number of hydrogen-bond donors (Lipinski definition) is 1. The van der Waals surface area contributed by atoms with Crippen molar-refractivity contribution in [3.05, 3.63) is 71.2 Å². The lowest BCUT2D eigenvalue weighted by atomic mass is 10.2. The highest BCUT2D eigenvalue weighted by Gasteiger charge is 2.31. The van der Waals surface area contributed by atoms with Crippen molar-refractivity contribution < 1.29 is 27.4 Å². The van der Waals surface area contributed by atoms with Gasteiger partial charge in [0.1, 0.15) is 28.7 Å². The van der Waals surface area contributed by atoms with E-state index in [-0.39, 0.29) is 21.4 Å². The molecular formula is C25H27ClN2O6S. The molecule has 0 aromatic heterocycles. The van der Waals surface area contributed by atoms with Crippen molar-refractivity contribution in [1.29, 1.82) is 0 Å². The Bertz CT molecular complexity index is 1310. The quantitative estimate of drug-likeness (QED) is 0.410. The van der Waals surface area contributed by atoms with Gasteiger partial charge >= 0.3 is 0 Å². The molecule has 1 amide bonds. The highest BCUT2D eigenvalue weighted by Crippen LogP contribution is 2.35. The third-order valence-electron chi connectivity index (χ3n) is 5.06. The van der Waals surface area contributed by atoms with Crippen molar-refractivity contribution in [2.45, 2.75) is 18.7 Å². The highest BCUT2D eigenvalue weighted by molar-refractivity contribution is 7.93. The summed E-state index contributed by atoms with van der Waals surface area (Å²) in [7, 11) is -1.41. The number of methoxy groups -OCH3 is 2. The molecule has 0 atom stereocenters. The van der Waals surface area contributed by atoms with E-state index < -0.39 is 22.5 Å². The number of nitrogens with one attached hydrogen (secondary N) is 1. The lowest BCUT2D eigenvalue weighted by molar-refractivity contribution is -0.114. The number of ether oxygens (including phenoxy) is 3. The van der Waals surface area contributed by atoms with Crippen LogP contribution in [0.15, 0.2) is 65.6 Å². The van der Waals surface area contributed by atoms with Gasteiger partial charge in [-0.15, -0.1) is 0 Å². The van der Waals surface area contributed by atoms with Crippen molar-refractivity contribution in [3.8, 4) is 17.2 Å². The second-order valence-electron chi connectivity index (χ2n) is 7.46. The molecule has 0 bridgehead atoms. The smallest absolute Gasteiger partial charge is 0.268 e. The molecule has 0 aliphatic rings. The van der Waals surface area contributed by atoms with Crippen LogP contribution in [0.5, 0.6) is 17.2 Å². The lowest BCUT2D eigenvalue weighted by Crippen LogP contribution is -2.38. The summed E-state index contributed by atoms with van der Waals surface area (Å²) in [6.07, 6.45) is 0. The second kappa shape index (κ2) is 11.3. The number of carbonyl (C=O) groups excluding carboxylic acids is 1. The first-order valence-corrected chi connectivity index (χ1v) is 12.6. The molecule has 0 fully saturated rings. The molecule has 0 unspecified atom stereocenters. The minimum absolute atomic E-state index is 0.0746. The van der Waals surface area contributed by atoms with Gasteiger partial charge in [0.15, 0.2) is 0 Å². The Balaban J connectivity index is 2.05. The number of para-hydroxylation sites is 2. The highest BCUT2D eigenvalue weighted by atomic mass is 35.5. The van der Waals surface area contributed by atoms with Crippen LogP contribution in [-0.4, -0.2) is 41.7 Å². The molecule has 0 heterocycles. The Hall–Kier alpha value is -3.43. The third kappa shape index (κ3) is 5.98. The number of hydrogen-bond acceptors (Lipinski definition) is 6. The maximum absolute atomic E-state index is 13.9. The summed E-state index contributed by atoms with van der Waals surface area (Å²) in [6, 6.07) is 16.2. The topological polar surface area (TPSA) is 94.2 Å². The Morgan fingerprint density at radius 3 is 2.31 bits per heavy atom. The van der Waals surface area contributed by atoms with E-state index in [1.54, 1.807) is 43.3 Å². The standard InChI is InChI=1S/C25H27ClN2O6S/c1-5-34-22-9-7-6-8-20(22)27-25(29)16-28(18-11-13-21(32-3)19(26)15-18)35(30,31)24-14-17(2)10-12-23(24)33-4/h6-15H,5,16H2,1-4H3,(H,27,29). The SMILES string of the molecule is CCOc1ccccc1NC(=O)CN(c1ccc(OC)c(Cl)c1)S(=O)(=O)c1cc(C)ccc1OC. The molecule has 8 nitrogen and oxygen atoms in total. The van der Waals surface area contributed by atoms with Crippen LogP contribution in [0.1, 0.15) is 12.5 Å². The van der Waals surface area contributed by atoms with E-state index in [9.17, 15) is 13.2 Å². The Morgan fingerprint density at radius 1 is 0.971 bits per heavy atom. The number of amides is 1. The van der Waals surface area contributed by atoms with Gasteiger partial charge in [-0.1, -0.05) is 29.8 Å². The van der Waals surface area contributed by atoms with Crippen molar-refractivity contribution in [3.63, 3.8) is 0 Å². The molecule has 186 valence electrons. The van der Waals surface area contributed by atoms with Gasteiger partial charge in [-0.25, -0.2) is 8.42 Å². The lowest BCUT2D eigenvalue weighted by Gasteiger charge is -2.25. The second-order valence-corrected chi connectivity index (χ2v) is 9.70. The van der Waals surface area contributed by atoms with Crippen molar-refractivity contribution in [2.24, 2.45) is 0 Å². The van der Waals surface area contributed by atoms with E-state index in [1.165, 1.54) is 38.5 Å². The van der Waals surface area contributed by atoms with Gasteiger partial charge in [0.05, 0.1) is 37.2 Å². The fourth-order valence-electron chi connectivity index (χ4n) is 3.40. The first kappa shape index (κ1) is 26.2. The Kier molecular flexibility index (Phi) is 8.48. The van der Waals surface area contributed by atoms with Crippen LogP contribution in [0.2, 0.25) is 5.02 Å². The molecule has 0 saturated carbocycles. The Labute approximate surface area is 210 Å². The summed E-state index contributed by atoms with van der Waals surface area (Å²) >= 11 is 6.29. The van der Waals surface area contributed by atoms with Crippen molar-refractivity contribution in [1.82, 2.24) is 0 Å². The fraction of sp³-hybridized carbons (Fsp3) is 0.240. The molecule has 1 N–H and O–H groups in total. The van der Waals surface area contributed by atoms with E-state index in [0.29, 0.717) is 29.4 Å². The number of rotatable bonds is 10. The fourth-order valence-corrected chi connectivity index (χ4v) is 5.31. The molecule has 0 spiro atoms. The van der Waals surface area contributed by atoms with E-state index >= 15 is 0 Å². The van der Waals surface area contributed by atoms with Gasteiger partial charge in [-0.3, -0.25) is 9.10 Å². The van der Waals surface area contributed by atoms with Crippen LogP contribution in [-0.2, 0) is 14.8 Å². The average molecular weight is 519 g/mol. The molecule has 3 aromatic rings. The van der Waals surface area contributed by atoms with Crippen LogP contribution >= 0.6 is 11.6 Å². The van der Waals surface area contributed by atoms with Crippen LogP contribution < -0.4 is 23.8 Å². The predicted molar refractivity (Wildman–Crippen MR) is 137 cm³/mol. The molecule has 0 aliphatic heterocycles. The number of nitrogens with zero attached hydrogens (tertiary/aromatic N) is 1. The summed E-state index contributed by atoms with van der Waals surface area (Å²) in [5, 5.41) is 2.93. The summed E-state index contributed by atoms with van der Waals surface area (Å²) < 4.78 is 44.7. The minimum Gasteiger partial charge on any atom is -0.495 e. The van der Waals surface area contributed by atoms with Crippen LogP contribution in [0, 0.1) is 6.92 Å². The van der Waals surface area contributed by atoms with Crippen molar-refractivity contribution >= 4 is 38.9 Å². The molecule has 10 heteroatoms. The molecule has 0 radical (unpaired) electrons. The third-order valence-corrected chi connectivity index (χ3v) is 7.15. The zero-order valence-corrected chi connectivity index (χ0v) is 21.4. The number of benzene rings is 3. The number of sulfonamides is 1. The van der Waals surface area contributed by atoms with E-state index in [1.807, 2.05) is 6.92 Å². The van der Waals surface area contributed by atoms with Crippen LogP contribution in [0.4, 0.5) is 11.4 Å². The van der Waals surface area contributed by atoms with Gasteiger partial charge in [-0.05, 0) is 61.9 Å². The molecule has 0 saturated heterocycles. The van der Waals surface area contributed by atoms with Gasteiger partial charge in [0.2, 0.25) is 5.91 Å². The summed E-state index contributed by atoms with van der Waals surface area (Å²) in [4.78, 5) is 13.0. The van der Waals surface area contributed by atoms with Gasteiger partial charge in [0, 0.05) is 0 Å². The van der Waals surface area contributed by atoms with E-state index in [0.717, 1.165) is 4.31 Å². The monoisotopic (exact) mass is 518 g/mol. The van der Waals surface area contributed by atoms with Gasteiger partial charge in [0.25, 0.3) is 10.0 Å². The molecule has 3 rings (SSSR count). The summed E-state index contributed by atoms with van der Waals surface area (Å²) in [5.41, 5.74) is 1.33. The van der Waals surface area contributed by atoms with Crippen LogP contribution in [0.25, 0.3) is 0 Å². The molecule has 3 aromatic carbocycles. The zero-order valence-electron chi connectivity index (χ0n) is 19.9.